The topological polar surface area (TPSA) is 0 Å². The zero-order valence-corrected chi connectivity index (χ0v) is 35.0. The molecule has 0 fully saturated rings. The average Bonchev–Trinajstić information content (AvgIpc) is 3.61. The Morgan fingerprint density at radius 2 is 1.38 bits per heavy atom. The maximum atomic E-state index is 3.57. The molecule has 48 heavy (non-hydrogen) atoms. The van der Waals surface area contributed by atoms with Gasteiger partial charge in [-0.25, -0.2) is 5.57 Å². The number of halogens is 2. The van der Waals surface area contributed by atoms with Crippen LogP contribution < -0.4 is 24.8 Å². The first-order valence-corrected chi connectivity index (χ1v) is 18.5. The van der Waals surface area contributed by atoms with E-state index in [0.717, 1.165) is 12.8 Å². The van der Waals surface area contributed by atoms with Gasteiger partial charge in [0.15, 0.2) is 0 Å². The quantitative estimate of drug-likeness (QED) is 0.189. The second kappa shape index (κ2) is 17.3. The molecule has 0 nitrogen and oxygen atoms in total. The number of hydrogen-bond donors (Lipinski definition) is 0. The summed E-state index contributed by atoms with van der Waals surface area (Å²) < 4.78 is 2.23. The Morgan fingerprint density at radius 1 is 0.750 bits per heavy atom. The van der Waals surface area contributed by atoms with Crippen LogP contribution in [0, 0.1) is 23.5 Å². The molecule has 0 bridgehead atoms. The van der Waals surface area contributed by atoms with Gasteiger partial charge in [-0.05, 0) is 17.4 Å². The average molecular weight is 757 g/mol. The molecule has 4 aromatic rings. The van der Waals surface area contributed by atoms with Crippen molar-refractivity contribution in [2.45, 2.75) is 106 Å². The monoisotopic (exact) mass is 754 g/mol. The SMILES string of the molecule is CC(C)(C)c1c[c-]c2c(c1)-c1cc(C(C)(C)C)ccc1C2.CCC1=[C-]C(CC)C=C1C(C)(C)C.[Cl-].[Cl-].[Zr+2]=[CH]c1cccc2ccccc12. The van der Waals surface area contributed by atoms with Crippen molar-refractivity contribution in [2.24, 2.45) is 11.3 Å². The predicted octanol–water partition coefficient (Wildman–Crippen LogP) is 6.34. The predicted molar refractivity (Wildman–Crippen MR) is 198 cm³/mol. The van der Waals surface area contributed by atoms with Crippen LogP contribution in [0.5, 0.6) is 0 Å². The molecule has 0 radical (unpaired) electrons. The van der Waals surface area contributed by atoms with E-state index >= 15 is 0 Å². The minimum absolute atomic E-state index is 0. The van der Waals surface area contributed by atoms with Crippen molar-refractivity contribution in [3.63, 3.8) is 0 Å². The first-order valence-electron chi connectivity index (χ1n) is 17.1. The second-order valence-corrected chi connectivity index (χ2v) is 16.6. The summed E-state index contributed by atoms with van der Waals surface area (Å²) in [4.78, 5) is 0. The second-order valence-electron chi connectivity index (χ2n) is 15.9. The number of benzene rings is 4. The van der Waals surface area contributed by atoms with Crippen molar-refractivity contribution in [1.82, 2.24) is 0 Å². The molecule has 0 aromatic heterocycles. The summed E-state index contributed by atoms with van der Waals surface area (Å²) in [6.07, 6.45) is 9.31. The van der Waals surface area contributed by atoms with E-state index in [4.69, 9.17) is 0 Å². The summed E-state index contributed by atoms with van der Waals surface area (Å²) in [7, 11) is 0. The van der Waals surface area contributed by atoms with E-state index in [9.17, 15) is 0 Å². The van der Waals surface area contributed by atoms with Gasteiger partial charge in [0.2, 0.25) is 0 Å². The fraction of sp³-hybridized carbons (Fsp3) is 0.400. The summed E-state index contributed by atoms with van der Waals surface area (Å²) in [5.74, 6) is 0.573. The third-order valence-corrected chi connectivity index (χ3v) is 9.92. The number of allylic oxidation sites excluding steroid dienone is 4. The van der Waals surface area contributed by atoms with Gasteiger partial charge < -0.3 is 24.8 Å². The Hall–Kier alpha value is -2.05. The molecule has 0 aliphatic heterocycles. The van der Waals surface area contributed by atoms with Gasteiger partial charge in [-0.15, -0.1) is 5.56 Å². The van der Waals surface area contributed by atoms with Crippen molar-refractivity contribution in [3.05, 3.63) is 130 Å². The van der Waals surface area contributed by atoms with E-state index in [1.807, 2.05) is 0 Å². The normalized spacial score (nSPS) is 14.9. The molecule has 0 heterocycles. The van der Waals surface area contributed by atoms with Crippen molar-refractivity contribution < 1.29 is 49.0 Å². The third-order valence-electron chi connectivity index (χ3n) is 9.16. The Morgan fingerprint density at radius 3 is 1.94 bits per heavy atom. The Labute approximate surface area is 320 Å². The molecule has 0 saturated carbocycles. The Bertz CT molecular complexity index is 1690. The summed E-state index contributed by atoms with van der Waals surface area (Å²) in [6, 6.07) is 30.0. The van der Waals surface area contributed by atoms with Crippen LogP contribution in [0.15, 0.2) is 90.0 Å². The zero-order chi connectivity index (χ0) is 33.9. The summed E-state index contributed by atoms with van der Waals surface area (Å²) in [5.41, 5.74) is 13.4. The maximum absolute atomic E-state index is 3.57. The Balaban J connectivity index is 0.000000259. The number of hydrogen-bond acceptors (Lipinski definition) is 0. The van der Waals surface area contributed by atoms with Gasteiger partial charge in [-0.1, -0.05) is 135 Å². The summed E-state index contributed by atoms with van der Waals surface area (Å²) >= 11 is 1.46. The van der Waals surface area contributed by atoms with Crippen LogP contribution in [0.25, 0.3) is 21.9 Å². The van der Waals surface area contributed by atoms with Gasteiger partial charge in [0.25, 0.3) is 0 Å². The third kappa shape index (κ3) is 10.2. The molecule has 1 unspecified atom stereocenters. The molecular formula is C45H54Cl2Zr-2. The fourth-order valence-corrected chi connectivity index (χ4v) is 6.84. The van der Waals surface area contributed by atoms with E-state index in [-0.39, 0.29) is 35.6 Å². The molecule has 1 atom stereocenters. The van der Waals surface area contributed by atoms with Crippen LogP contribution in [-0.2, 0) is 41.5 Å². The van der Waals surface area contributed by atoms with Gasteiger partial charge in [0.05, 0.1) is 0 Å². The molecule has 6 rings (SSSR count). The first-order chi connectivity index (χ1) is 21.6. The van der Waals surface area contributed by atoms with Crippen LogP contribution in [0.1, 0.15) is 117 Å². The van der Waals surface area contributed by atoms with E-state index in [0.29, 0.717) is 11.3 Å². The molecule has 0 N–H and O–H groups in total. The summed E-state index contributed by atoms with van der Waals surface area (Å²) in [6.45, 7) is 25.0. The number of fused-ring (bicyclic) bond motifs is 4. The van der Waals surface area contributed by atoms with Crippen molar-refractivity contribution in [3.8, 4) is 11.1 Å². The van der Waals surface area contributed by atoms with Gasteiger partial charge in [0.1, 0.15) is 0 Å². The molecule has 0 saturated heterocycles. The van der Waals surface area contributed by atoms with Crippen LogP contribution in [0.2, 0.25) is 0 Å². The minimum atomic E-state index is 0. The molecule has 2 aliphatic rings. The van der Waals surface area contributed by atoms with Crippen LogP contribution in [0.4, 0.5) is 0 Å². The molecular weight excluding hydrogens is 703 g/mol. The van der Waals surface area contributed by atoms with Crippen LogP contribution >= 0.6 is 0 Å². The van der Waals surface area contributed by atoms with E-state index < -0.39 is 0 Å². The van der Waals surface area contributed by atoms with Crippen LogP contribution in [-0.4, -0.2) is 3.71 Å². The number of rotatable bonds is 3. The molecule has 4 aromatic carbocycles. The van der Waals surface area contributed by atoms with Gasteiger partial charge >= 0.3 is 86.7 Å². The standard InChI is InChI=1S/C21H25.C13H21.C11H8.2ClH.Zr/c1-20(2,3)16-9-7-14-11-15-8-10-17(21(4,5)6)13-19(15)18(14)12-16;1-6-10-8-11(7-2)12(9-10)13(3,4)5;1-9-5-4-7-10-6-2-3-8-11(9)10;;;/h7,9-10,12-13H,11H2,1-6H3;9-10H,6-7H2,1-5H3;1-8H;2*1H;/q2*-1;;;;+2/p-2. The van der Waals surface area contributed by atoms with Crippen molar-refractivity contribution in [1.29, 1.82) is 0 Å². The van der Waals surface area contributed by atoms with Crippen molar-refractivity contribution >= 4 is 14.5 Å². The van der Waals surface area contributed by atoms with E-state index in [1.165, 1.54) is 91.5 Å². The molecule has 0 amide bonds. The van der Waals surface area contributed by atoms with Gasteiger partial charge in [-0.2, -0.15) is 41.0 Å². The zero-order valence-electron chi connectivity index (χ0n) is 31.0. The van der Waals surface area contributed by atoms with Gasteiger partial charge in [-0.3, -0.25) is 6.08 Å². The van der Waals surface area contributed by atoms with Gasteiger partial charge in [0, 0.05) is 0 Å². The van der Waals surface area contributed by atoms with E-state index in [1.54, 1.807) is 0 Å². The van der Waals surface area contributed by atoms with Crippen molar-refractivity contribution in [2.75, 3.05) is 0 Å². The first kappa shape index (κ1) is 42.1. The van der Waals surface area contributed by atoms with Crippen LogP contribution in [0.3, 0.4) is 0 Å². The summed E-state index contributed by atoms with van der Waals surface area (Å²) in [5, 5.41) is 2.69. The molecule has 2 aliphatic carbocycles. The molecule has 0 spiro atoms. The molecule has 3 heteroatoms. The fourth-order valence-electron chi connectivity index (χ4n) is 6.22. The van der Waals surface area contributed by atoms with E-state index in [2.05, 4.69) is 171 Å². The Kier molecular flexibility index (Phi) is 15.1. The molecule has 254 valence electrons.